The summed E-state index contributed by atoms with van der Waals surface area (Å²) in [7, 11) is 1.52. The van der Waals surface area contributed by atoms with Gasteiger partial charge in [-0.1, -0.05) is 36.4 Å². The predicted molar refractivity (Wildman–Crippen MR) is 119 cm³/mol. The Labute approximate surface area is 187 Å². The number of amides is 2. The molecule has 0 bridgehead atoms. The molecule has 1 N–H and O–H groups in total. The minimum Gasteiger partial charge on any atom is -0.496 e. The van der Waals surface area contributed by atoms with Crippen molar-refractivity contribution in [3.63, 3.8) is 0 Å². The summed E-state index contributed by atoms with van der Waals surface area (Å²) in [6.45, 7) is 0.640. The second-order valence-electron chi connectivity index (χ2n) is 7.54. The maximum Gasteiger partial charge on any atom is 0.258 e. The fraction of sp³-hybridized carbons (Fsp3) is 0.240. The zero-order valence-corrected chi connectivity index (χ0v) is 17.8. The van der Waals surface area contributed by atoms with Crippen LogP contribution in [-0.2, 0) is 11.3 Å². The molecule has 4 rings (SSSR count). The number of aromatic nitrogens is 1. The van der Waals surface area contributed by atoms with Crippen LogP contribution < -0.4 is 14.8 Å². The molecule has 7 heteroatoms. The lowest BCUT2D eigenvalue weighted by atomic mass is 10.1. The van der Waals surface area contributed by atoms with Crippen molar-refractivity contribution in [1.29, 1.82) is 0 Å². The largest absolute Gasteiger partial charge is 0.496 e. The number of hydrogen-bond donors (Lipinski definition) is 1. The van der Waals surface area contributed by atoms with E-state index >= 15 is 0 Å². The van der Waals surface area contributed by atoms with Crippen LogP contribution in [0.15, 0.2) is 79.1 Å². The zero-order chi connectivity index (χ0) is 22.3. The Morgan fingerprint density at radius 2 is 1.84 bits per heavy atom. The third-order valence-electron chi connectivity index (χ3n) is 5.40. The van der Waals surface area contributed by atoms with Gasteiger partial charge >= 0.3 is 0 Å². The second-order valence-corrected chi connectivity index (χ2v) is 7.54. The van der Waals surface area contributed by atoms with Gasteiger partial charge in [-0.25, -0.2) is 0 Å². The number of nitrogens with zero attached hydrogens (tertiary/aromatic N) is 2. The number of benzene rings is 2. The molecule has 0 radical (unpaired) electrons. The first-order valence-corrected chi connectivity index (χ1v) is 10.5. The van der Waals surface area contributed by atoms with Crippen LogP contribution in [0, 0.1) is 0 Å². The van der Waals surface area contributed by atoms with Crippen molar-refractivity contribution in [3.8, 4) is 11.5 Å². The number of likely N-dealkylation sites (tertiary alicyclic amines) is 1. The highest BCUT2D eigenvalue weighted by Crippen LogP contribution is 2.28. The molecule has 3 aromatic rings. The van der Waals surface area contributed by atoms with Gasteiger partial charge in [-0.2, -0.15) is 0 Å². The Kier molecular flexibility index (Phi) is 6.65. The molecule has 1 saturated heterocycles. The maximum atomic E-state index is 13.4. The summed E-state index contributed by atoms with van der Waals surface area (Å²) in [6.07, 6.45) is 3.48. The van der Waals surface area contributed by atoms with E-state index in [0.29, 0.717) is 36.6 Å². The van der Waals surface area contributed by atoms with Gasteiger partial charge in [0.2, 0.25) is 5.91 Å². The Bertz CT molecular complexity index is 1060. The lowest BCUT2D eigenvalue weighted by molar-refractivity contribution is -0.125. The van der Waals surface area contributed by atoms with E-state index in [1.54, 1.807) is 41.6 Å². The molecule has 1 aromatic heterocycles. The summed E-state index contributed by atoms with van der Waals surface area (Å²) in [4.78, 5) is 32.2. The van der Waals surface area contributed by atoms with Crippen molar-refractivity contribution >= 4 is 11.8 Å². The van der Waals surface area contributed by atoms with Gasteiger partial charge in [0.15, 0.2) is 0 Å². The lowest BCUT2D eigenvalue weighted by Crippen LogP contribution is -2.45. The first-order valence-electron chi connectivity index (χ1n) is 10.5. The molecule has 2 heterocycles. The van der Waals surface area contributed by atoms with E-state index in [2.05, 4.69) is 10.3 Å². The molecule has 7 nitrogen and oxygen atoms in total. The van der Waals surface area contributed by atoms with Gasteiger partial charge in [-0.15, -0.1) is 0 Å². The molecule has 0 saturated carbocycles. The molecule has 0 spiro atoms. The monoisotopic (exact) mass is 431 g/mol. The average molecular weight is 431 g/mol. The molecule has 2 amide bonds. The zero-order valence-electron chi connectivity index (χ0n) is 17.8. The summed E-state index contributed by atoms with van der Waals surface area (Å²) in [5.74, 6) is 0.692. The quantitative estimate of drug-likeness (QED) is 0.622. The summed E-state index contributed by atoms with van der Waals surface area (Å²) < 4.78 is 11.4. The SMILES string of the molecule is COc1ccccc1C(=O)N1CC(Oc2ccccc2)CC1C(=O)NCc1cccnc1. The van der Waals surface area contributed by atoms with Crippen LogP contribution >= 0.6 is 0 Å². The first-order chi connectivity index (χ1) is 15.7. The van der Waals surface area contributed by atoms with Crippen molar-refractivity contribution in [2.45, 2.75) is 25.1 Å². The average Bonchev–Trinajstić information content (AvgIpc) is 3.27. The van der Waals surface area contributed by atoms with Gasteiger partial charge in [0.25, 0.3) is 5.91 Å². The Morgan fingerprint density at radius 1 is 1.06 bits per heavy atom. The number of carbonyl (C=O) groups excluding carboxylic acids is 2. The third-order valence-corrected chi connectivity index (χ3v) is 5.40. The van der Waals surface area contributed by atoms with E-state index in [0.717, 1.165) is 5.56 Å². The van der Waals surface area contributed by atoms with Crippen molar-refractivity contribution < 1.29 is 19.1 Å². The number of carbonyl (C=O) groups is 2. The molecule has 1 aliphatic heterocycles. The molecule has 0 aliphatic carbocycles. The molecular formula is C25H25N3O4. The van der Waals surface area contributed by atoms with Crippen LogP contribution in [0.4, 0.5) is 0 Å². The van der Waals surface area contributed by atoms with Crippen molar-refractivity contribution in [2.75, 3.05) is 13.7 Å². The molecule has 32 heavy (non-hydrogen) atoms. The number of hydrogen-bond acceptors (Lipinski definition) is 5. The topological polar surface area (TPSA) is 80.8 Å². The Morgan fingerprint density at radius 3 is 2.59 bits per heavy atom. The lowest BCUT2D eigenvalue weighted by Gasteiger charge is -2.24. The van der Waals surface area contributed by atoms with Gasteiger partial charge in [0.05, 0.1) is 19.2 Å². The smallest absolute Gasteiger partial charge is 0.258 e. The highest BCUT2D eigenvalue weighted by atomic mass is 16.5. The second kappa shape index (κ2) is 9.96. The molecule has 1 aliphatic rings. The molecule has 1 fully saturated rings. The first kappa shape index (κ1) is 21.4. The van der Waals surface area contributed by atoms with Crippen LogP contribution in [0.2, 0.25) is 0 Å². The van der Waals surface area contributed by atoms with Crippen LogP contribution in [0.3, 0.4) is 0 Å². The van der Waals surface area contributed by atoms with Crippen LogP contribution in [0.25, 0.3) is 0 Å². The summed E-state index contributed by atoms with van der Waals surface area (Å²) >= 11 is 0. The number of nitrogens with one attached hydrogen (secondary N) is 1. The van der Waals surface area contributed by atoms with E-state index in [9.17, 15) is 9.59 Å². The highest BCUT2D eigenvalue weighted by Gasteiger charge is 2.41. The number of methoxy groups -OCH3 is 1. The Balaban J connectivity index is 1.54. The number of rotatable bonds is 7. The molecule has 164 valence electrons. The molecule has 2 aromatic carbocycles. The minimum absolute atomic E-state index is 0.226. The van der Waals surface area contributed by atoms with Gasteiger partial charge in [0, 0.05) is 25.4 Å². The van der Waals surface area contributed by atoms with Crippen molar-refractivity contribution in [1.82, 2.24) is 15.2 Å². The van der Waals surface area contributed by atoms with E-state index in [-0.39, 0.29) is 17.9 Å². The van der Waals surface area contributed by atoms with E-state index in [1.807, 2.05) is 42.5 Å². The van der Waals surface area contributed by atoms with E-state index in [4.69, 9.17) is 9.47 Å². The van der Waals surface area contributed by atoms with E-state index < -0.39 is 6.04 Å². The summed E-state index contributed by atoms with van der Waals surface area (Å²) in [5.41, 5.74) is 1.30. The number of pyridine rings is 1. The van der Waals surface area contributed by atoms with Gasteiger partial charge < -0.3 is 19.7 Å². The van der Waals surface area contributed by atoms with Crippen LogP contribution in [0.1, 0.15) is 22.3 Å². The highest BCUT2D eigenvalue weighted by molar-refractivity contribution is 6.00. The van der Waals surface area contributed by atoms with Crippen molar-refractivity contribution in [2.24, 2.45) is 0 Å². The normalized spacial score (nSPS) is 17.6. The number of ether oxygens (including phenoxy) is 2. The Hall–Kier alpha value is -3.87. The fourth-order valence-corrected chi connectivity index (χ4v) is 3.83. The van der Waals surface area contributed by atoms with Crippen molar-refractivity contribution in [3.05, 3.63) is 90.3 Å². The van der Waals surface area contributed by atoms with E-state index in [1.165, 1.54) is 7.11 Å². The van der Waals surface area contributed by atoms with Crippen LogP contribution in [-0.4, -0.2) is 47.5 Å². The standard InChI is InChI=1S/C25H25N3O4/c1-31-23-12-6-5-11-21(23)25(30)28-17-20(32-19-9-3-2-4-10-19)14-22(28)24(29)27-16-18-8-7-13-26-15-18/h2-13,15,20,22H,14,16-17H2,1H3,(H,27,29). The van der Waals surface area contributed by atoms with Gasteiger partial charge in [-0.3, -0.25) is 14.6 Å². The molecular weight excluding hydrogens is 406 g/mol. The summed E-state index contributed by atoms with van der Waals surface area (Å²) in [6, 6.07) is 19.5. The van der Waals surface area contributed by atoms with Gasteiger partial charge in [-0.05, 0) is 35.9 Å². The summed E-state index contributed by atoms with van der Waals surface area (Å²) in [5, 5.41) is 2.93. The van der Waals surface area contributed by atoms with Gasteiger partial charge in [0.1, 0.15) is 23.6 Å². The van der Waals surface area contributed by atoms with Crippen LogP contribution in [0.5, 0.6) is 11.5 Å². The fourth-order valence-electron chi connectivity index (χ4n) is 3.83. The molecule has 2 unspecified atom stereocenters. The predicted octanol–water partition coefficient (Wildman–Crippen LogP) is 3.07. The third kappa shape index (κ3) is 4.88. The number of para-hydroxylation sites is 2. The minimum atomic E-state index is -0.655. The maximum absolute atomic E-state index is 13.4. The molecule has 2 atom stereocenters.